The zero-order valence-corrected chi connectivity index (χ0v) is 14.3. The van der Waals surface area contributed by atoms with E-state index in [1.54, 1.807) is 20.8 Å². The van der Waals surface area contributed by atoms with Crippen molar-refractivity contribution in [1.82, 2.24) is 10.2 Å². The SMILES string of the molecule is COC(=O)C1CCCN1C(=O)[C@@H](NC(=O)OC(C)(C)C)[C@@H](C)O. The molecule has 1 heterocycles. The second-order valence-corrected chi connectivity index (χ2v) is 6.58. The Hall–Kier alpha value is -1.83. The molecule has 1 aliphatic heterocycles. The van der Waals surface area contributed by atoms with E-state index in [2.05, 4.69) is 5.32 Å². The summed E-state index contributed by atoms with van der Waals surface area (Å²) in [5.74, 6) is -1.03. The van der Waals surface area contributed by atoms with E-state index in [4.69, 9.17) is 9.47 Å². The highest BCUT2D eigenvalue weighted by Crippen LogP contribution is 2.20. The molecule has 0 radical (unpaired) electrons. The van der Waals surface area contributed by atoms with Gasteiger partial charge in [0.25, 0.3) is 0 Å². The van der Waals surface area contributed by atoms with Crippen molar-refractivity contribution in [1.29, 1.82) is 0 Å². The molecule has 0 aromatic carbocycles. The first kappa shape index (κ1) is 19.2. The Morgan fingerprint density at radius 2 is 1.91 bits per heavy atom. The van der Waals surface area contributed by atoms with Crippen LogP contribution < -0.4 is 5.32 Å². The number of aliphatic hydroxyl groups is 1. The third-order valence-electron chi connectivity index (χ3n) is 3.43. The molecule has 0 aliphatic carbocycles. The van der Waals surface area contributed by atoms with Crippen LogP contribution in [0.5, 0.6) is 0 Å². The van der Waals surface area contributed by atoms with Crippen LogP contribution >= 0.6 is 0 Å². The Morgan fingerprint density at radius 1 is 1.30 bits per heavy atom. The van der Waals surface area contributed by atoms with Gasteiger partial charge in [-0.25, -0.2) is 9.59 Å². The van der Waals surface area contributed by atoms with E-state index in [1.165, 1.54) is 18.9 Å². The summed E-state index contributed by atoms with van der Waals surface area (Å²) in [6.07, 6.45) is -0.776. The van der Waals surface area contributed by atoms with Gasteiger partial charge in [0.05, 0.1) is 13.2 Å². The van der Waals surface area contributed by atoms with Gasteiger partial charge in [0.1, 0.15) is 17.7 Å². The molecule has 2 N–H and O–H groups in total. The second-order valence-electron chi connectivity index (χ2n) is 6.58. The highest BCUT2D eigenvalue weighted by Gasteiger charge is 2.40. The van der Waals surface area contributed by atoms with Crippen LogP contribution in [0.25, 0.3) is 0 Å². The first-order chi connectivity index (χ1) is 10.6. The molecule has 8 heteroatoms. The van der Waals surface area contributed by atoms with Crippen LogP contribution in [0.2, 0.25) is 0 Å². The fourth-order valence-corrected chi connectivity index (χ4v) is 2.41. The standard InChI is InChI=1S/C15H26N2O6/c1-9(18)11(16-14(21)23-15(2,3)4)12(19)17-8-6-7-10(17)13(20)22-5/h9-11,18H,6-8H2,1-5H3,(H,16,21)/t9-,10?,11+/m1/s1. The van der Waals surface area contributed by atoms with Crippen molar-refractivity contribution in [3.05, 3.63) is 0 Å². The molecule has 8 nitrogen and oxygen atoms in total. The lowest BCUT2D eigenvalue weighted by molar-refractivity contribution is -0.152. The van der Waals surface area contributed by atoms with E-state index in [9.17, 15) is 19.5 Å². The molecule has 0 aromatic rings. The summed E-state index contributed by atoms with van der Waals surface area (Å²) in [6, 6.07) is -1.87. The number of likely N-dealkylation sites (tertiary alicyclic amines) is 1. The number of hydrogen-bond donors (Lipinski definition) is 2. The number of aliphatic hydroxyl groups excluding tert-OH is 1. The summed E-state index contributed by atoms with van der Waals surface area (Å²) in [6.45, 7) is 6.85. The van der Waals surface area contributed by atoms with Crippen LogP contribution in [0, 0.1) is 0 Å². The van der Waals surface area contributed by atoms with Gasteiger partial charge in [-0.15, -0.1) is 0 Å². The Bertz CT molecular complexity index is 457. The average Bonchev–Trinajstić information content (AvgIpc) is 2.90. The Labute approximate surface area is 136 Å². The molecular formula is C15H26N2O6. The van der Waals surface area contributed by atoms with Gasteiger partial charge in [0, 0.05) is 6.54 Å². The van der Waals surface area contributed by atoms with E-state index in [0.717, 1.165) is 0 Å². The summed E-state index contributed by atoms with van der Waals surface area (Å²) in [5, 5.41) is 12.2. The molecule has 1 fully saturated rings. The zero-order valence-electron chi connectivity index (χ0n) is 14.3. The molecular weight excluding hydrogens is 304 g/mol. The lowest BCUT2D eigenvalue weighted by Gasteiger charge is -2.30. The van der Waals surface area contributed by atoms with Crippen LogP contribution in [0.4, 0.5) is 4.79 Å². The van der Waals surface area contributed by atoms with Gasteiger partial charge in [0.2, 0.25) is 5.91 Å². The molecule has 132 valence electrons. The minimum atomic E-state index is -1.19. The van der Waals surface area contributed by atoms with E-state index in [1.807, 2.05) is 0 Å². The fourth-order valence-electron chi connectivity index (χ4n) is 2.41. The van der Waals surface area contributed by atoms with Gasteiger partial charge in [-0.2, -0.15) is 0 Å². The Morgan fingerprint density at radius 3 is 2.39 bits per heavy atom. The van der Waals surface area contributed by atoms with Crippen LogP contribution in [-0.4, -0.2) is 65.4 Å². The predicted octanol–water partition coefficient (Wildman–Crippen LogP) is 0.424. The van der Waals surface area contributed by atoms with E-state index in [0.29, 0.717) is 19.4 Å². The number of methoxy groups -OCH3 is 1. The van der Waals surface area contributed by atoms with Gasteiger partial charge in [-0.1, -0.05) is 0 Å². The average molecular weight is 330 g/mol. The normalized spacial score (nSPS) is 20.6. The molecule has 1 saturated heterocycles. The van der Waals surface area contributed by atoms with E-state index < -0.39 is 41.8 Å². The third-order valence-corrected chi connectivity index (χ3v) is 3.43. The smallest absolute Gasteiger partial charge is 0.408 e. The maximum atomic E-state index is 12.6. The highest BCUT2D eigenvalue weighted by molar-refractivity contribution is 5.90. The first-order valence-corrected chi connectivity index (χ1v) is 7.62. The van der Waals surface area contributed by atoms with Crippen LogP contribution in [0.15, 0.2) is 0 Å². The van der Waals surface area contributed by atoms with E-state index in [-0.39, 0.29) is 0 Å². The molecule has 0 aromatic heterocycles. The number of nitrogens with zero attached hydrogens (tertiary/aromatic N) is 1. The quantitative estimate of drug-likeness (QED) is 0.724. The molecule has 1 rings (SSSR count). The van der Waals surface area contributed by atoms with Crippen molar-refractivity contribution in [2.45, 2.75) is 64.3 Å². The Balaban J connectivity index is 2.82. The maximum Gasteiger partial charge on any atom is 0.408 e. The number of carbonyl (C=O) groups excluding carboxylic acids is 3. The number of nitrogens with one attached hydrogen (secondary N) is 1. The van der Waals surface area contributed by atoms with Crippen LogP contribution in [0.3, 0.4) is 0 Å². The minimum Gasteiger partial charge on any atom is -0.467 e. The fraction of sp³-hybridized carbons (Fsp3) is 0.800. The van der Waals surface area contributed by atoms with Crippen molar-refractivity contribution in [3.63, 3.8) is 0 Å². The number of alkyl carbamates (subject to hydrolysis) is 1. The largest absolute Gasteiger partial charge is 0.467 e. The highest BCUT2D eigenvalue weighted by atomic mass is 16.6. The summed E-state index contributed by atoms with van der Waals surface area (Å²) < 4.78 is 9.80. The number of rotatable bonds is 4. The van der Waals surface area contributed by atoms with Crippen molar-refractivity contribution in [3.8, 4) is 0 Å². The van der Waals surface area contributed by atoms with Crippen molar-refractivity contribution in [2.75, 3.05) is 13.7 Å². The zero-order chi connectivity index (χ0) is 17.8. The second kappa shape index (κ2) is 7.63. The number of esters is 1. The van der Waals surface area contributed by atoms with Gasteiger partial charge in [0.15, 0.2) is 0 Å². The Kier molecular flexibility index (Phi) is 6.37. The minimum absolute atomic E-state index is 0.373. The van der Waals surface area contributed by atoms with Gasteiger partial charge in [-0.3, -0.25) is 4.79 Å². The number of hydrogen-bond acceptors (Lipinski definition) is 6. The molecule has 0 saturated carbocycles. The summed E-state index contributed by atoms with van der Waals surface area (Å²) in [7, 11) is 1.26. The summed E-state index contributed by atoms with van der Waals surface area (Å²) in [5.41, 5.74) is -0.724. The van der Waals surface area contributed by atoms with Crippen LogP contribution in [-0.2, 0) is 19.1 Å². The third kappa shape index (κ3) is 5.38. The lowest BCUT2D eigenvalue weighted by atomic mass is 10.1. The van der Waals surface area contributed by atoms with Crippen molar-refractivity contribution < 1.29 is 29.0 Å². The monoisotopic (exact) mass is 330 g/mol. The van der Waals surface area contributed by atoms with Gasteiger partial charge < -0.3 is 24.8 Å². The van der Waals surface area contributed by atoms with Crippen molar-refractivity contribution >= 4 is 18.0 Å². The maximum absolute atomic E-state index is 12.6. The molecule has 1 unspecified atom stereocenters. The van der Waals surface area contributed by atoms with Crippen molar-refractivity contribution in [2.24, 2.45) is 0 Å². The van der Waals surface area contributed by atoms with Crippen LogP contribution in [0.1, 0.15) is 40.5 Å². The predicted molar refractivity (Wildman–Crippen MR) is 81.6 cm³/mol. The molecule has 2 amide bonds. The summed E-state index contributed by atoms with van der Waals surface area (Å²) in [4.78, 5) is 37.5. The topological polar surface area (TPSA) is 105 Å². The number of ether oxygens (including phenoxy) is 2. The number of amides is 2. The molecule has 0 bridgehead atoms. The number of carbonyl (C=O) groups is 3. The molecule has 23 heavy (non-hydrogen) atoms. The first-order valence-electron chi connectivity index (χ1n) is 7.62. The lowest BCUT2D eigenvalue weighted by Crippen LogP contribution is -2.56. The summed E-state index contributed by atoms with van der Waals surface area (Å²) >= 11 is 0. The molecule has 3 atom stereocenters. The van der Waals surface area contributed by atoms with Gasteiger partial charge >= 0.3 is 12.1 Å². The molecule has 1 aliphatic rings. The van der Waals surface area contributed by atoms with Gasteiger partial charge in [-0.05, 0) is 40.5 Å². The molecule has 0 spiro atoms. The van der Waals surface area contributed by atoms with E-state index >= 15 is 0 Å².